The minimum atomic E-state index is -0.866. The molecule has 2 aromatic rings. The zero-order chi connectivity index (χ0) is 38.7. The molecule has 0 saturated carbocycles. The minimum Gasteiger partial charge on any atom is -0.494 e. The van der Waals surface area contributed by atoms with Crippen LogP contribution in [0, 0.1) is 17.9 Å². The van der Waals surface area contributed by atoms with Crippen LogP contribution in [0.2, 0.25) is 0 Å². The van der Waals surface area contributed by atoms with E-state index in [4.69, 9.17) is 44.5 Å². The van der Waals surface area contributed by atoms with E-state index in [0.29, 0.717) is 61.5 Å². The first kappa shape index (κ1) is 40.5. The molecular weight excluding hydrogens is 700 g/mol. The van der Waals surface area contributed by atoms with Crippen molar-refractivity contribution in [2.24, 2.45) is 0 Å². The van der Waals surface area contributed by atoms with Gasteiger partial charge in [-0.15, -0.1) is 0 Å². The molecular formula is C40H40N2O12. The first-order valence-electron chi connectivity index (χ1n) is 17.1. The van der Waals surface area contributed by atoms with Crippen LogP contribution in [0.3, 0.4) is 0 Å². The summed E-state index contributed by atoms with van der Waals surface area (Å²) in [4.78, 5) is 51.4. The normalized spacial score (nSPS) is 18.9. The smallest absolute Gasteiger partial charge is 0.349 e. The Morgan fingerprint density at radius 3 is 1.61 bits per heavy atom. The van der Waals surface area contributed by atoms with Gasteiger partial charge in [-0.25, -0.2) is 19.2 Å². The zero-order valence-corrected chi connectivity index (χ0v) is 29.5. The van der Waals surface area contributed by atoms with Gasteiger partial charge in [-0.2, -0.15) is 5.26 Å². The SMILES string of the molecule is [C-]#[N+]/C(=C\c1ccc(OCCCCOC(=O)C=C)cc1)C(=O)O[C@H]1COC2C1OC[C@H]2OC(=O)/C(C#N)=C/c1ccc(OCCCCOC(=O)C=C)cc1. The van der Waals surface area contributed by atoms with Gasteiger partial charge in [0.2, 0.25) is 0 Å². The van der Waals surface area contributed by atoms with Gasteiger partial charge in [-0.1, -0.05) is 37.4 Å². The van der Waals surface area contributed by atoms with Gasteiger partial charge < -0.3 is 37.9 Å². The second-order valence-electron chi connectivity index (χ2n) is 11.8. The molecule has 2 aliphatic heterocycles. The van der Waals surface area contributed by atoms with Crippen LogP contribution >= 0.6 is 0 Å². The number of carbonyl (C=O) groups excluding carboxylic acids is 4. The highest BCUT2D eigenvalue weighted by atomic mass is 16.7. The highest BCUT2D eigenvalue weighted by molar-refractivity contribution is 5.98. The zero-order valence-electron chi connectivity index (χ0n) is 29.5. The van der Waals surface area contributed by atoms with Crippen molar-refractivity contribution in [1.82, 2.24) is 0 Å². The molecule has 2 aliphatic rings. The maximum Gasteiger partial charge on any atom is 0.349 e. The molecule has 2 saturated heterocycles. The van der Waals surface area contributed by atoms with Gasteiger partial charge in [0.05, 0.1) is 46.2 Å². The number of nitriles is 1. The van der Waals surface area contributed by atoms with E-state index in [1.54, 1.807) is 48.5 Å². The number of nitrogens with zero attached hydrogens (tertiary/aromatic N) is 2. The average molecular weight is 741 g/mol. The van der Waals surface area contributed by atoms with E-state index in [1.165, 1.54) is 12.2 Å². The van der Waals surface area contributed by atoms with E-state index in [2.05, 4.69) is 18.0 Å². The first-order valence-corrected chi connectivity index (χ1v) is 17.1. The average Bonchev–Trinajstić information content (AvgIpc) is 3.78. The summed E-state index contributed by atoms with van der Waals surface area (Å²) >= 11 is 0. The van der Waals surface area contributed by atoms with Gasteiger partial charge in [0.25, 0.3) is 5.70 Å². The van der Waals surface area contributed by atoms with E-state index in [-0.39, 0.29) is 37.7 Å². The van der Waals surface area contributed by atoms with Crippen LogP contribution in [0.25, 0.3) is 17.0 Å². The van der Waals surface area contributed by atoms with Gasteiger partial charge in [0, 0.05) is 12.2 Å². The van der Waals surface area contributed by atoms with E-state index in [0.717, 1.165) is 12.2 Å². The number of hydrogen-bond acceptors (Lipinski definition) is 13. The van der Waals surface area contributed by atoms with Gasteiger partial charge in [-0.3, -0.25) is 4.79 Å². The molecule has 54 heavy (non-hydrogen) atoms. The van der Waals surface area contributed by atoms with Gasteiger partial charge in [0.15, 0.2) is 12.2 Å². The van der Waals surface area contributed by atoms with Gasteiger partial charge >= 0.3 is 23.9 Å². The molecule has 282 valence electrons. The Kier molecular flexibility index (Phi) is 16.0. The molecule has 2 unspecified atom stereocenters. The molecule has 4 atom stereocenters. The fraction of sp³-hybridized carbons (Fsp3) is 0.350. The summed E-state index contributed by atoms with van der Waals surface area (Å²) in [7, 11) is 0. The Labute approximate surface area is 312 Å². The highest BCUT2D eigenvalue weighted by Gasteiger charge is 2.51. The quantitative estimate of drug-likeness (QED) is 0.0447. The minimum absolute atomic E-state index is 0.0404. The first-order chi connectivity index (χ1) is 26.2. The fourth-order valence-electron chi connectivity index (χ4n) is 5.20. The number of esters is 4. The lowest BCUT2D eigenvalue weighted by molar-refractivity contribution is -0.150. The van der Waals surface area contributed by atoms with Crippen LogP contribution in [0.1, 0.15) is 36.8 Å². The van der Waals surface area contributed by atoms with E-state index < -0.39 is 48.3 Å². The molecule has 2 fully saturated rings. The number of fused-ring (bicyclic) bond motifs is 1. The van der Waals surface area contributed by atoms with Crippen LogP contribution in [-0.2, 0) is 47.6 Å². The molecule has 0 amide bonds. The van der Waals surface area contributed by atoms with Crippen molar-refractivity contribution in [2.75, 3.05) is 39.6 Å². The molecule has 0 aromatic heterocycles. The number of rotatable bonds is 20. The monoisotopic (exact) mass is 740 g/mol. The summed E-state index contributed by atoms with van der Waals surface area (Å²) in [5, 5.41) is 9.68. The number of benzene rings is 2. The molecule has 2 aromatic carbocycles. The van der Waals surface area contributed by atoms with E-state index in [9.17, 15) is 24.4 Å². The van der Waals surface area contributed by atoms with Crippen molar-refractivity contribution >= 4 is 36.0 Å². The van der Waals surface area contributed by atoms with E-state index >= 15 is 0 Å². The third-order valence-electron chi connectivity index (χ3n) is 7.96. The third-order valence-corrected chi connectivity index (χ3v) is 7.96. The Hall–Kier alpha value is -6.22. The second kappa shape index (κ2) is 21.3. The molecule has 4 rings (SSSR count). The lowest BCUT2D eigenvalue weighted by Crippen LogP contribution is -2.36. The molecule has 2 heterocycles. The summed E-state index contributed by atoms with van der Waals surface area (Å²) in [6.45, 7) is 15.5. The Bertz CT molecular complexity index is 1650. The van der Waals surface area contributed by atoms with Crippen LogP contribution in [0.4, 0.5) is 0 Å². The standard InChI is InChI=1S/C40H40N2O12/c1-4-35(43)49-20-8-6-18-47-30-14-10-27(11-15-30)22-29(24-41)39(45)53-33-25-51-38-34(26-52-37(33)38)54-40(46)32(42-3)23-28-12-16-31(17-13-28)48-19-7-9-21-50-36(44)5-2/h4-5,10-17,22-23,33-34,37-38H,1-2,6-9,18-21,25-26H2/b29-22+,32-23-/t33-,34+,37?,38?/m1/s1. The maximum atomic E-state index is 13.0. The molecule has 0 aliphatic carbocycles. The van der Waals surface area contributed by atoms with Crippen molar-refractivity contribution in [2.45, 2.75) is 50.1 Å². The largest absolute Gasteiger partial charge is 0.494 e. The lowest BCUT2D eigenvalue weighted by atomic mass is 10.1. The summed E-state index contributed by atoms with van der Waals surface area (Å²) in [6.07, 6.45) is 4.42. The molecule has 0 radical (unpaired) electrons. The Balaban J connectivity index is 1.22. The van der Waals surface area contributed by atoms with Gasteiger partial charge in [0.1, 0.15) is 35.3 Å². The summed E-state index contributed by atoms with van der Waals surface area (Å²) in [6, 6.07) is 15.4. The maximum absolute atomic E-state index is 13.0. The highest BCUT2D eigenvalue weighted by Crippen LogP contribution is 2.32. The fourth-order valence-corrected chi connectivity index (χ4v) is 5.20. The molecule has 0 bridgehead atoms. The second-order valence-corrected chi connectivity index (χ2v) is 11.8. The number of carbonyl (C=O) groups is 4. The van der Waals surface area contributed by atoms with E-state index in [1.807, 2.05) is 6.07 Å². The van der Waals surface area contributed by atoms with Gasteiger partial charge in [-0.05, 0) is 73.2 Å². The van der Waals surface area contributed by atoms with Crippen molar-refractivity contribution in [3.05, 3.63) is 108 Å². The molecule has 14 heteroatoms. The molecule has 0 spiro atoms. The Morgan fingerprint density at radius 1 is 0.722 bits per heavy atom. The van der Waals surface area contributed by atoms with Crippen molar-refractivity contribution < 1.29 is 57.1 Å². The topological polar surface area (TPSA) is 170 Å². The van der Waals surface area contributed by atoms with Crippen LogP contribution < -0.4 is 9.47 Å². The number of hydrogen-bond donors (Lipinski definition) is 0. The predicted octanol–water partition coefficient (Wildman–Crippen LogP) is 4.95. The van der Waals surface area contributed by atoms with Crippen molar-refractivity contribution in [1.29, 1.82) is 5.26 Å². The predicted molar refractivity (Wildman–Crippen MR) is 192 cm³/mol. The van der Waals surface area contributed by atoms with Crippen LogP contribution in [-0.4, -0.2) is 87.9 Å². The third kappa shape index (κ3) is 12.5. The van der Waals surface area contributed by atoms with Crippen molar-refractivity contribution in [3.63, 3.8) is 0 Å². The number of unbranched alkanes of at least 4 members (excludes halogenated alkanes) is 2. The summed E-state index contributed by atoms with van der Waals surface area (Å²) in [5.41, 5.74) is 0.656. The lowest BCUT2D eigenvalue weighted by Gasteiger charge is -2.17. The summed E-state index contributed by atoms with van der Waals surface area (Å²) < 4.78 is 43.9. The van der Waals surface area contributed by atoms with Crippen LogP contribution in [0.15, 0.2) is 85.1 Å². The van der Waals surface area contributed by atoms with Crippen molar-refractivity contribution in [3.8, 4) is 17.6 Å². The summed E-state index contributed by atoms with van der Waals surface area (Å²) in [5.74, 6) is -1.48. The Morgan fingerprint density at radius 2 is 1.17 bits per heavy atom. The van der Waals surface area contributed by atoms with Crippen LogP contribution in [0.5, 0.6) is 11.5 Å². The number of ether oxygens (including phenoxy) is 8. The molecule has 14 nitrogen and oxygen atoms in total. The molecule has 0 N–H and O–H groups in total.